The summed E-state index contributed by atoms with van der Waals surface area (Å²) in [4.78, 5) is 1.49. The molecule has 98 valence electrons. The maximum atomic E-state index is 3.59. The summed E-state index contributed by atoms with van der Waals surface area (Å²) in [6.07, 6.45) is 2.42. The molecule has 1 aromatic heterocycles. The number of halogens is 1. The van der Waals surface area contributed by atoms with E-state index in [1.807, 2.05) is 11.3 Å². The number of aryl methyl sites for hydroxylation is 2. The quantitative estimate of drug-likeness (QED) is 0.796. The van der Waals surface area contributed by atoms with Crippen molar-refractivity contribution in [3.8, 4) is 0 Å². The van der Waals surface area contributed by atoms with Crippen molar-refractivity contribution in [3.05, 3.63) is 20.3 Å². The lowest BCUT2D eigenvalue weighted by molar-refractivity contribution is 0.305. The van der Waals surface area contributed by atoms with Crippen LogP contribution in [0.15, 0.2) is 9.85 Å². The predicted molar refractivity (Wildman–Crippen MR) is 82.0 cm³/mol. The molecule has 0 aliphatic heterocycles. The normalized spacial score (nSPS) is 12.4. The van der Waals surface area contributed by atoms with Crippen molar-refractivity contribution in [2.75, 3.05) is 6.54 Å². The monoisotopic (exact) mass is 317 g/mol. The SMILES string of the molecule is Cc1cc(CCC(C)(C)CNC(C)C)sc1Br. The Hall–Kier alpha value is 0.140. The minimum atomic E-state index is 0.370. The Labute approximate surface area is 118 Å². The Kier molecular flexibility index (Phi) is 5.68. The summed E-state index contributed by atoms with van der Waals surface area (Å²) < 4.78 is 1.28. The third kappa shape index (κ3) is 5.54. The first-order valence-corrected chi connectivity index (χ1v) is 7.89. The molecule has 0 saturated carbocycles. The zero-order valence-corrected chi connectivity index (χ0v) is 14.0. The van der Waals surface area contributed by atoms with Gasteiger partial charge in [-0.05, 0) is 52.7 Å². The molecule has 3 heteroatoms. The second kappa shape index (κ2) is 6.35. The number of hydrogen-bond donors (Lipinski definition) is 1. The van der Waals surface area contributed by atoms with E-state index in [0.717, 1.165) is 6.54 Å². The molecule has 0 spiro atoms. The van der Waals surface area contributed by atoms with E-state index in [1.54, 1.807) is 0 Å². The average molecular weight is 318 g/mol. The molecule has 17 heavy (non-hydrogen) atoms. The standard InChI is InChI=1S/C14H24BrNS/c1-10(2)16-9-14(4,5)7-6-12-8-11(3)13(15)17-12/h8,10,16H,6-7,9H2,1-5H3. The summed E-state index contributed by atoms with van der Waals surface area (Å²) in [5, 5.41) is 3.53. The van der Waals surface area contributed by atoms with E-state index in [-0.39, 0.29) is 0 Å². The largest absolute Gasteiger partial charge is 0.314 e. The summed E-state index contributed by atoms with van der Waals surface area (Å²) in [5.74, 6) is 0. The zero-order valence-electron chi connectivity index (χ0n) is 11.6. The lowest BCUT2D eigenvalue weighted by atomic mass is 9.87. The van der Waals surface area contributed by atoms with E-state index >= 15 is 0 Å². The summed E-state index contributed by atoms with van der Waals surface area (Å²) in [6, 6.07) is 2.88. The maximum Gasteiger partial charge on any atom is 0.0730 e. The first-order chi connectivity index (χ1) is 7.80. The van der Waals surface area contributed by atoms with Crippen LogP contribution < -0.4 is 5.32 Å². The molecule has 1 N–H and O–H groups in total. The molecule has 1 heterocycles. The van der Waals surface area contributed by atoms with Gasteiger partial charge >= 0.3 is 0 Å². The molecule has 0 atom stereocenters. The lowest BCUT2D eigenvalue weighted by Gasteiger charge is -2.26. The number of rotatable bonds is 6. The molecule has 0 aliphatic rings. The fourth-order valence-electron chi connectivity index (χ4n) is 1.68. The Bertz CT molecular complexity index is 336. The summed E-state index contributed by atoms with van der Waals surface area (Å²) >= 11 is 5.47. The molecule has 0 amide bonds. The van der Waals surface area contributed by atoms with Crippen molar-refractivity contribution in [1.29, 1.82) is 0 Å². The van der Waals surface area contributed by atoms with Crippen LogP contribution in [0, 0.1) is 12.3 Å². The molecule has 0 fully saturated rings. The van der Waals surface area contributed by atoms with Crippen LogP contribution in [0.2, 0.25) is 0 Å². The Morgan fingerprint density at radius 1 is 1.41 bits per heavy atom. The van der Waals surface area contributed by atoms with E-state index in [1.165, 1.54) is 27.1 Å². The third-order valence-corrected chi connectivity index (χ3v) is 5.14. The van der Waals surface area contributed by atoms with Gasteiger partial charge in [-0.25, -0.2) is 0 Å². The van der Waals surface area contributed by atoms with Gasteiger partial charge < -0.3 is 5.32 Å². The van der Waals surface area contributed by atoms with Gasteiger partial charge in [-0.2, -0.15) is 0 Å². The molecule has 1 rings (SSSR count). The van der Waals surface area contributed by atoms with Gasteiger partial charge in [0.05, 0.1) is 3.79 Å². The van der Waals surface area contributed by atoms with Crippen LogP contribution >= 0.6 is 27.3 Å². The van der Waals surface area contributed by atoms with Crippen LogP contribution in [0.25, 0.3) is 0 Å². The molecule has 0 unspecified atom stereocenters. The van der Waals surface area contributed by atoms with Crippen molar-refractivity contribution in [3.63, 3.8) is 0 Å². The van der Waals surface area contributed by atoms with Crippen molar-refractivity contribution < 1.29 is 0 Å². The van der Waals surface area contributed by atoms with Crippen molar-refractivity contribution >= 4 is 27.3 Å². The van der Waals surface area contributed by atoms with Crippen LogP contribution in [-0.2, 0) is 6.42 Å². The van der Waals surface area contributed by atoms with Crippen molar-refractivity contribution in [2.45, 2.75) is 53.5 Å². The van der Waals surface area contributed by atoms with Gasteiger partial charge in [-0.15, -0.1) is 11.3 Å². The second-order valence-corrected chi connectivity index (χ2v) is 8.32. The molecule has 0 saturated heterocycles. The van der Waals surface area contributed by atoms with Crippen molar-refractivity contribution in [2.24, 2.45) is 5.41 Å². The Balaban J connectivity index is 2.43. The van der Waals surface area contributed by atoms with Gasteiger partial charge in [0.15, 0.2) is 0 Å². The summed E-state index contributed by atoms with van der Waals surface area (Å²) in [7, 11) is 0. The first kappa shape index (κ1) is 15.2. The summed E-state index contributed by atoms with van der Waals surface area (Å²) in [5.41, 5.74) is 1.73. The molecule has 0 aliphatic carbocycles. The second-order valence-electron chi connectivity index (χ2n) is 5.87. The van der Waals surface area contributed by atoms with E-state index in [2.05, 4.69) is 61.9 Å². The van der Waals surface area contributed by atoms with Gasteiger partial charge in [0.25, 0.3) is 0 Å². The lowest BCUT2D eigenvalue weighted by Crippen LogP contribution is -2.34. The minimum Gasteiger partial charge on any atom is -0.314 e. The Morgan fingerprint density at radius 2 is 2.06 bits per heavy atom. The van der Waals surface area contributed by atoms with Crippen LogP contribution in [-0.4, -0.2) is 12.6 Å². The fraction of sp³-hybridized carbons (Fsp3) is 0.714. The average Bonchev–Trinajstić information content (AvgIpc) is 2.53. The molecule has 0 bridgehead atoms. The highest BCUT2D eigenvalue weighted by Gasteiger charge is 2.18. The fourth-order valence-corrected chi connectivity index (χ4v) is 3.31. The Morgan fingerprint density at radius 3 is 2.53 bits per heavy atom. The van der Waals surface area contributed by atoms with Gasteiger partial charge in [0.2, 0.25) is 0 Å². The molecule has 0 aromatic carbocycles. The van der Waals surface area contributed by atoms with E-state index in [4.69, 9.17) is 0 Å². The highest BCUT2D eigenvalue weighted by Crippen LogP contribution is 2.30. The number of thiophene rings is 1. The molecular weight excluding hydrogens is 294 g/mol. The highest BCUT2D eigenvalue weighted by molar-refractivity contribution is 9.11. The maximum absolute atomic E-state index is 3.59. The van der Waals surface area contributed by atoms with E-state index in [0.29, 0.717) is 11.5 Å². The zero-order chi connectivity index (χ0) is 13.1. The van der Waals surface area contributed by atoms with Crippen LogP contribution in [0.5, 0.6) is 0 Å². The van der Waals surface area contributed by atoms with E-state index < -0.39 is 0 Å². The summed E-state index contributed by atoms with van der Waals surface area (Å²) in [6.45, 7) is 12.4. The van der Waals surface area contributed by atoms with E-state index in [9.17, 15) is 0 Å². The molecule has 1 aromatic rings. The van der Waals surface area contributed by atoms with Gasteiger partial charge in [0, 0.05) is 17.5 Å². The topological polar surface area (TPSA) is 12.0 Å². The number of hydrogen-bond acceptors (Lipinski definition) is 2. The molecule has 1 nitrogen and oxygen atoms in total. The van der Waals surface area contributed by atoms with Gasteiger partial charge in [0.1, 0.15) is 0 Å². The van der Waals surface area contributed by atoms with Crippen LogP contribution in [0.1, 0.15) is 44.6 Å². The predicted octanol–water partition coefficient (Wildman–Crippen LogP) is 4.78. The highest BCUT2D eigenvalue weighted by atomic mass is 79.9. The van der Waals surface area contributed by atoms with Crippen LogP contribution in [0.3, 0.4) is 0 Å². The van der Waals surface area contributed by atoms with Gasteiger partial charge in [-0.1, -0.05) is 27.7 Å². The van der Waals surface area contributed by atoms with Crippen LogP contribution in [0.4, 0.5) is 0 Å². The smallest absolute Gasteiger partial charge is 0.0730 e. The minimum absolute atomic E-state index is 0.370. The number of nitrogens with one attached hydrogen (secondary N) is 1. The van der Waals surface area contributed by atoms with Crippen molar-refractivity contribution in [1.82, 2.24) is 5.32 Å². The van der Waals surface area contributed by atoms with Gasteiger partial charge in [-0.3, -0.25) is 0 Å². The first-order valence-electron chi connectivity index (χ1n) is 6.28. The third-order valence-electron chi connectivity index (χ3n) is 2.95. The molecule has 0 radical (unpaired) electrons. The molecular formula is C14H24BrNS.